The lowest BCUT2D eigenvalue weighted by Crippen LogP contribution is -2.41. The average Bonchev–Trinajstić information content (AvgIpc) is 2.67. The van der Waals surface area contributed by atoms with Gasteiger partial charge in [0.1, 0.15) is 0 Å². The molecule has 0 aromatic heterocycles. The molecule has 0 spiro atoms. The molecular weight excluding hydrogens is 362 g/mol. The van der Waals surface area contributed by atoms with E-state index in [1.54, 1.807) is 25.1 Å². The van der Waals surface area contributed by atoms with Crippen LogP contribution in [0.3, 0.4) is 0 Å². The number of hydrogen-bond donors (Lipinski definition) is 3. The van der Waals surface area contributed by atoms with E-state index in [4.69, 9.17) is 4.74 Å². The van der Waals surface area contributed by atoms with Crippen LogP contribution in [0.1, 0.15) is 22.8 Å². The van der Waals surface area contributed by atoms with Crippen LogP contribution in [0.4, 0.5) is 10.5 Å². The highest BCUT2D eigenvalue weighted by Gasteiger charge is 2.16. The predicted octanol–water partition coefficient (Wildman–Crippen LogP) is 1.87. The third kappa shape index (κ3) is 6.56. The number of ether oxygens (including phenoxy) is 1. The van der Waals surface area contributed by atoms with Crippen molar-refractivity contribution in [3.8, 4) is 0 Å². The van der Waals surface area contributed by atoms with E-state index in [2.05, 4.69) is 10.6 Å². The van der Waals surface area contributed by atoms with Crippen molar-refractivity contribution in [2.45, 2.75) is 13.3 Å². The molecule has 0 aliphatic heterocycles. The Morgan fingerprint density at radius 1 is 0.893 bits per heavy atom. The molecule has 0 unspecified atom stereocenters. The fourth-order valence-electron chi connectivity index (χ4n) is 2.32. The van der Waals surface area contributed by atoms with Gasteiger partial charge in [-0.3, -0.25) is 14.9 Å². The summed E-state index contributed by atoms with van der Waals surface area (Å²) in [4.78, 5) is 47.4. The van der Waals surface area contributed by atoms with Gasteiger partial charge in [-0.25, -0.2) is 9.59 Å². The van der Waals surface area contributed by atoms with E-state index in [1.807, 2.05) is 35.6 Å². The number of hydrogen-bond acceptors (Lipinski definition) is 5. The SMILES string of the molecule is CCNC(=O)NC(=O)COC(=O)c1ccccc1NC(=O)Cc1ccccc1. The van der Waals surface area contributed by atoms with Crippen LogP contribution in [-0.2, 0) is 20.7 Å². The van der Waals surface area contributed by atoms with Crippen LogP contribution in [0.2, 0.25) is 0 Å². The number of nitrogens with one attached hydrogen (secondary N) is 3. The number of anilines is 1. The van der Waals surface area contributed by atoms with E-state index >= 15 is 0 Å². The lowest BCUT2D eigenvalue weighted by molar-refractivity contribution is -0.123. The van der Waals surface area contributed by atoms with Crippen LogP contribution in [0.15, 0.2) is 54.6 Å². The number of amides is 4. The number of carbonyl (C=O) groups excluding carboxylic acids is 4. The van der Waals surface area contributed by atoms with Crippen molar-refractivity contribution in [3.63, 3.8) is 0 Å². The molecule has 0 saturated heterocycles. The third-order valence-electron chi connectivity index (χ3n) is 3.55. The second-order valence-electron chi connectivity index (χ2n) is 5.74. The highest BCUT2D eigenvalue weighted by atomic mass is 16.5. The van der Waals surface area contributed by atoms with Gasteiger partial charge in [-0.05, 0) is 24.6 Å². The molecule has 2 aromatic carbocycles. The minimum atomic E-state index is -0.790. The van der Waals surface area contributed by atoms with Gasteiger partial charge in [0.15, 0.2) is 6.61 Å². The molecule has 0 aliphatic carbocycles. The maximum atomic E-state index is 12.3. The maximum Gasteiger partial charge on any atom is 0.340 e. The number of benzene rings is 2. The number of carbonyl (C=O) groups is 4. The first-order chi connectivity index (χ1) is 13.5. The van der Waals surface area contributed by atoms with Gasteiger partial charge in [-0.1, -0.05) is 42.5 Å². The molecule has 0 radical (unpaired) electrons. The van der Waals surface area contributed by atoms with Crippen LogP contribution in [0, 0.1) is 0 Å². The normalized spacial score (nSPS) is 9.89. The fourth-order valence-corrected chi connectivity index (χ4v) is 2.32. The Hall–Kier alpha value is -3.68. The Bertz CT molecular complexity index is 852. The van der Waals surface area contributed by atoms with Gasteiger partial charge in [-0.15, -0.1) is 0 Å². The molecule has 28 heavy (non-hydrogen) atoms. The average molecular weight is 383 g/mol. The van der Waals surface area contributed by atoms with Gasteiger partial charge in [0.2, 0.25) is 5.91 Å². The van der Waals surface area contributed by atoms with Crippen molar-refractivity contribution in [3.05, 3.63) is 65.7 Å². The first kappa shape index (κ1) is 20.6. The Balaban J connectivity index is 1.94. The minimum absolute atomic E-state index is 0.106. The number of esters is 1. The Labute approximate surface area is 162 Å². The van der Waals surface area contributed by atoms with Crippen molar-refractivity contribution in [1.29, 1.82) is 0 Å². The monoisotopic (exact) mass is 383 g/mol. The van der Waals surface area contributed by atoms with Gasteiger partial charge in [0.25, 0.3) is 5.91 Å². The van der Waals surface area contributed by atoms with Crippen molar-refractivity contribution in [2.24, 2.45) is 0 Å². The van der Waals surface area contributed by atoms with Gasteiger partial charge < -0.3 is 15.4 Å². The topological polar surface area (TPSA) is 114 Å². The van der Waals surface area contributed by atoms with E-state index in [1.165, 1.54) is 6.07 Å². The fraction of sp³-hybridized carbons (Fsp3) is 0.200. The molecule has 0 saturated carbocycles. The van der Waals surface area contributed by atoms with Crippen molar-refractivity contribution >= 4 is 29.5 Å². The molecule has 2 aromatic rings. The summed E-state index contributed by atoms with van der Waals surface area (Å²) in [6, 6.07) is 14.8. The van der Waals surface area contributed by atoms with Crippen molar-refractivity contribution < 1.29 is 23.9 Å². The second kappa shape index (κ2) is 10.5. The van der Waals surface area contributed by atoms with Crippen LogP contribution >= 0.6 is 0 Å². The smallest absolute Gasteiger partial charge is 0.340 e. The summed E-state index contributed by atoms with van der Waals surface area (Å²) in [5.41, 5.74) is 1.22. The zero-order chi connectivity index (χ0) is 20.4. The maximum absolute atomic E-state index is 12.3. The summed E-state index contributed by atoms with van der Waals surface area (Å²) in [6.45, 7) is 1.43. The predicted molar refractivity (Wildman–Crippen MR) is 103 cm³/mol. The van der Waals surface area contributed by atoms with Gasteiger partial charge >= 0.3 is 12.0 Å². The number of urea groups is 1. The third-order valence-corrected chi connectivity index (χ3v) is 3.55. The Morgan fingerprint density at radius 2 is 1.57 bits per heavy atom. The van der Waals surface area contributed by atoms with E-state index in [0.29, 0.717) is 6.54 Å². The molecule has 0 aliphatic rings. The molecule has 8 nitrogen and oxygen atoms in total. The van der Waals surface area contributed by atoms with Gasteiger partial charge in [-0.2, -0.15) is 0 Å². The minimum Gasteiger partial charge on any atom is -0.452 e. The molecule has 146 valence electrons. The molecule has 4 amide bonds. The molecule has 0 heterocycles. The molecular formula is C20H21N3O5. The van der Waals surface area contributed by atoms with Crippen LogP contribution in [0.5, 0.6) is 0 Å². The van der Waals surface area contributed by atoms with Gasteiger partial charge in [0, 0.05) is 6.54 Å². The molecule has 0 bridgehead atoms. The molecule has 8 heteroatoms. The van der Waals surface area contributed by atoms with Crippen molar-refractivity contribution in [2.75, 3.05) is 18.5 Å². The summed E-state index contributed by atoms with van der Waals surface area (Å²) in [7, 11) is 0. The lowest BCUT2D eigenvalue weighted by Gasteiger charge is -2.11. The lowest BCUT2D eigenvalue weighted by atomic mass is 10.1. The Kier molecular flexibility index (Phi) is 7.71. The molecule has 0 atom stereocenters. The first-order valence-electron chi connectivity index (χ1n) is 8.67. The van der Waals surface area contributed by atoms with Crippen molar-refractivity contribution in [1.82, 2.24) is 10.6 Å². The summed E-state index contributed by atoms with van der Waals surface area (Å²) in [5, 5.41) is 7.09. The quantitative estimate of drug-likeness (QED) is 0.632. The zero-order valence-corrected chi connectivity index (χ0v) is 15.4. The van der Waals surface area contributed by atoms with E-state index in [-0.39, 0.29) is 23.6 Å². The largest absolute Gasteiger partial charge is 0.452 e. The summed E-state index contributed by atoms with van der Waals surface area (Å²) >= 11 is 0. The highest BCUT2D eigenvalue weighted by Crippen LogP contribution is 2.16. The molecule has 0 fully saturated rings. The summed E-state index contributed by atoms with van der Waals surface area (Å²) in [6.07, 6.45) is 0.152. The number of para-hydroxylation sites is 1. The van der Waals surface area contributed by atoms with E-state index < -0.39 is 24.5 Å². The highest BCUT2D eigenvalue weighted by molar-refractivity contribution is 6.02. The Morgan fingerprint density at radius 3 is 2.29 bits per heavy atom. The number of imide groups is 1. The standard InChI is InChI=1S/C20H21N3O5/c1-2-21-20(27)23-18(25)13-28-19(26)15-10-6-7-11-16(15)22-17(24)12-14-8-4-3-5-9-14/h3-11H,2,12-13H2,1H3,(H,22,24)(H2,21,23,25,27). The molecule has 2 rings (SSSR count). The van der Waals surface area contributed by atoms with Gasteiger partial charge in [0.05, 0.1) is 17.7 Å². The van der Waals surface area contributed by atoms with Crippen LogP contribution in [0.25, 0.3) is 0 Å². The second-order valence-corrected chi connectivity index (χ2v) is 5.74. The van der Waals surface area contributed by atoms with E-state index in [9.17, 15) is 19.2 Å². The van der Waals surface area contributed by atoms with E-state index in [0.717, 1.165) is 5.56 Å². The summed E-state index contributed by atoms with van der Waals surface area (Å²) in [5.74, 6) is -1.84. The van der Waals surface area contributed by atoms with Crippen LogP contribution in [-0.4, -0.2) is 37.0 Å². The summed E-state index contributed by atoms with van der Waals surface area (Å²) < 4.78 is 4.93. The first-order valence-corrected chi connectivity index (χ1v) is 8.67. The zero-order valence-electron chi connectivity index (χ0n) is 15.4. The molecule has 3 N–H and O–H groups in total. The van der Waals surface area contributed by atoms with Crippen LogP contribution < -0.4 is 16.0 Å². The number of rotatable bonds is 7.